The average Bonchev–Trinajstić information content (AvgIpc) is 2.27. The highest BCUT2D eigenvalue weighted by Gasteiger charge is 2.17. The van der Waals surface area contributed by atoms with Crippen molar-refractivity contribution in [2.45, 2.75) is 25.3 Å². The maximum Gasteiger partial charge on any atom is 0.119 e. The fourth-order valence-electron chi connectivity index (χ4n) is 2.00. The third kappa shape index (κ3) is 1.74. The molecule has 76 valence electrons. The van der Waals surface area contributed by atoms with Crippen molar-refractivity contribution in [3.8, 4) is 5.75 Å². The van der Waals surface area contributed by atoms with E-state index in [0.717, 1.165) is 25.0 Å². The highest BCUT2D eigenvalue weighted by Crippen LogP contribution is 2.25. The molecule has 3 N–H and O–H groups in total. The number of ether oxygens (including phenoxy) is 1. The Morgan fingerprint density at radius 3 is 3.00 bits per heavy atom. The van der Waals surface area contributed by atoms with E-state index >= 15 is 0 Å². The van der Waals surface area contributed by atoms with Crippen LogP contribution in [0.4, 0.5) is 0 Å². The summed E-state index contributed by atoms with van der Waals surface area (Å²) >= 11 is 0. The summed E-state index contributed by atoms with van der Waals surface area (Å²) in [5.74, 6) is 6.38. The summed E-state index contributed by atoms with van der Waals surface area (Å²) in [6, 6.07) is 6.70. The van der Waals surface area contributed by atoms with Gasteiger partial charge < -0.3 is 4.74 Å². The molecular weight excluding hydrogens is 176 g/mol. The first kappa shape index (κ1) is 9.49. The molecule has 0 saturated heterocycles. The smallest absolute Gasteiger partial charge is 0.119 e. The second kappa shape index (κ2) is 3.98. The van der Waals surface area contributed by atoms with Gasteiger partial charge in [0, 0.05) is 6.04 Å². The molecule has 0 aromatic heterocycles. The maximum absolute atomic E-state index is 5.45. The van der Waals surface area contributed by atoms with Gasteiger partial charge in [-0.25, -0.2) is 0 Å². The summed E-state index contributed by atoms with van der Waals surface area (Å²) in [6.07, 6.45) is 3.23. The number of hydrazine groups is 1. The van der Waals surface area contributed by atoms with Crippen molar-refractivity contribution < 1.29 is 4.74 Å². The van der Waals surface area contributed by atoms with Crippen LogP contribution in [0.25, 0.3) is 0 Å². The molecule has 0 spiro atoms. The van der Waals surface area contributed by atoms with Crippen molar-refractivity contribution in [1.29, 1.82) is 0 Å². The fraction of sp³-hybridized carbons (Fsp3) is 0.455. The van der Waals surface area contributed by atoms with Crippen LogP contribution < -0.4 is 16.0 Å². The Balaban J connectivity index is 2.25. The predicted molar refractivity (Wildman–Crippen MR) is 56.1 cm³/mol. The lowest BCUT2D eigenvalue weighted by Crippen LogP contribution is -2.39. The zero-order chi connectivity index (χ0) is 9.97. The molecular formula is C11H16N2O. The molecule has 1 unspecified atom stereocenters. The summed E-state index contributed by atoms with van der Waals surface area (Å²) < 4.78 is 5.20. The van der Waals surface area contributed by atoms with E-state index in [-0.39, 0.29) is 0 Å². The van der Waals surface area contributed by atoms with Gasteiger partial charge in [-0.2, -0.15) is 0 Å². The highest BCUT2D eigenvalue weighted by molar-refractivity contribution is 5.37. The first-order chi connectivity index (χ1) is 6.83. The lowest BCUT2D eigenvalue weighted by molar-refractivity contribution is 0.411. The molecule has 0 bridgehead atoms. The summed E-state index contributed by atoms with van der Waals surface area (Å²) in [4.78, 5) is 0. The van der Waals surface area contributed by atoms with Gasteiger partial charge >= 0.3 is 0 Å². The number of nitrogens with one attached hydrogen (secondary N) is 1. The number of fused-ring (bicyclic) bond motifs is 1. The Hall–Kier alpha value is -1.06. The summed E-state index contributed by atoms with van der Waals surface area (Å²) in [6.45, 7) is 0. The fourth-order valence-corrected chi connectivity index (χ4v) is 2.00. The minimum Gasteiger partial charge on any atom is -0.497 e. The molecule has 1 atom stereocenters. The summed E-state index contributed by atoms with van der Waals surface area (Å²) in [5.41, 5.74) is 5.63. The van der Waals surface area contributed by atoms with E-state index < -0.39 is 0 Å². The van der Waals surface area contributed by atoms with Crippen LogP contribution in [0.2, 0.25) is 0 Å². The molecule has 1 aromatic rings. The largest absolute Gasteiger partial charge is 0.497 e. The molecule has 3 heteroatoms. The van der Waals surface area contributed by atoms with E-state index in [1.54, 1.807) is 7.11 Å². The Labute approximate surface area is 84.2 Å². The third-order valence-corrected chi connectivity index (χ3v) is 2.88. The Morgan fingerprint density at radius 2 is 2.29 bits per heavy atom. The highest BCUT2D eigenvalue weighted by atomic mass is 16.5. The Bertz CT molecular complexity index is 325. The molecule has 0 fully saturated rings. The van der Waals surface area contributed by atoms with E-state index in [4.69, 9.17) is 10.6 Å². The molecule has 1 aliphatic carbocycles. The van der Waals surface area contributed by atoms with Gasteiger partial charge in [-0.05, 0) is 42.5 Å². The molecule has 0 amide bonds. The topological polar surface area (TPSA) is 47.3 Å². The Morgan fingerprint density at radius 1 is 1.43 bits per heavy atom. The minimum atomic E-state index is 0.412. The van der Waals surface area contributed by atoms with Gasteiger partial charge in [0.05, 0.1) is 7.11 Å². The van der Waals surface area contributed by atoms with Gasteiger partial charge in [-0.15, -0.1) is 0 Å². The molecule has 2 rings (SSSR count). The minimum absolute atomic E-state index is 0.412. The van der Waals surface area contributed by atoms with Crippen molar-refractivity contribution in [3.63, 3.8) is 0 Å². The number of rotatable bonds is 2. The molecule has 0 radical (unpaired) electrons. The van der Waals surface area contributed by atoms with E-state index in [1.807, 2.05) is 6.07 Å². The number of methoxy groups -OCH3 is 1. The van der Waals surface area contributed by atoms with Gasteiger partial charge in [-0.1, -0.05) is 6.07 Å². The number of aryl methyl sites for hydroxylation is 1. The van der Waals surface area contributed by atoms with Crippen molar-refractivity contribution in [3.05, 3.63) is 29.3 Å². The van der Waals surface area contributed by atoms with Crippen LogP contribution in [0.5, 0.6) is 5.75 Å². The van der Waals surface area contributed by atoms with E-state index in [9.17, 15) is 0 Å². The second-order valence-electron chi connectivity index (χ2n) is 3.74. The zero-order valence-corrected chi connectivity index (χ0v) is 8.42. The zero-order valence-electron chi connectivity index (χ0n) is 8.42. The van der Waals surface area contributed by atoms with E-state index in [0.29, 0.717) is 6.04 Å². The van der Waals surface area contributed by atoms with Crippen molar-refractivity contribution >= 4 is 0 Å². The molecule has 0 aliphatic heterocycles. The van der Waals surface area contributed by atoms with Crippen LogP contribution in [0.15, 0.2) is 18.2 Å². The summed E-state index contributed by atoms with van der Waals surface area (Å²) in [5, 5.41) is 0. The van der Waals surface area contributed by atoms with Crippen molar-refractivity contribution in [2.75, 3.05) is 7.11 Å². The normalized spacial score (nSPS) is 20.3. The number of nitrogens with two attached hydrogens (primary N) is 1. The molecule has 1 aromatic carbocycles. The van der Waals surface area contributed by atoms with E-state index in [2.05, 4.69) is 17.6 Å². The lowest BCUT2D eigenvalue weighted by Gasteiger charge is -2.24. The number of benzene rings is 1. The van der Waals surface area contributed by atoms with Gasteiger partial charge in [-0.3, -0.25) is 11.3 Å². The van der Waals surface area contributed by atoms with Crippen LogP contribution >= 0.6 is 0 Å². The molecule has 0 saturated carbocycles. The predicted octanol–water partition coefficient (Wildman–Crippen LogP) is 1.02. The quantitative estimate of drug-likeness (QED) is 0.543. The van der Waals surface area contributed by atoms with Crippen LogP contribution in [0.3, 0.4) is 0 Å². The van der Waals surface area contributed by atoms with Gasteiger partial charge in [0.2, 0.25) is 0 Å². The third-order valence-electron chi connectivity index (χ3n) is 2.88. The SMILES string of the molecule is COc1ccc2c(c1)CC(NN)CC2. The Kier molecular flexibility index (Phi) is 2.70. The standard InChI is InChI=1S/C11H16N2O/c1-14-11-5-3-8-2-4-10(13-12)6-9(8)7-11/h3,5,7,10,13H,2,4,6,12H2,1H3. The van der Waals surface area contributed by atoms with Crippen molar-refractivity contribution in [2.24, 2.45) is 5.84 Å². The van der Waals surface area contributed by atoms with Gasteiger partial charge in [0.25, 0.3) is 0 Å². The number of hydrogen-bond donors (Lipinski definition) is 2. The first-order valence-electron chi connectivity index (χ1n) is 4.95. The van der Waals surface area contributed by atoms with Crippen LogP contribution in [-0.2, 0) is 12.8 Å². The van der Waals surface area contributed by atoms with Gasteiger partial charge in [0.1, 0.15) is 5.75 Å². The second-order valence-corrected chi connectivity index (χ2v) is 3.74. The first-order valence-corrected chi connectivity index (χ1v) is 4.95. The van der Waals surface area contributed by atoms with Crippen LogP contribution in [0.1, 0.15) is 17.5 Å². The van der Waals surface area contributed by atoms with Gasteiger partial charge in [0.15, 0.2) is 0 Å². The van der Waals surface area contributed by atoms with Crippen LogP contribution in [0, 0.1) is 0 Å². The van der Waals surface area contributed by atoms with E-state index in [1.165, 1.54) is 11.1 Å². The lowest BCUT2D eigenvalue weighted by atomic mass is 9.88. The maximum atomic E-state index is 5.45. The molecule has 14 heavy (non-hydrogen) atoms. The van der Waals surface area contributed by atoms with Crippen molar-refractivity contribution in [1.82, 2.24) is 5.43 Å². The average molecular weight is 192 g/mol. The molecule has 1 aliphatic rings. The monoisotopic (exact) mass is 192 g/mol. The summed E-state index contributed by atoms with van der Waals surface area (Å²) in [7, 11) is 1.70. The molecule has 0 heterocycles. The number of hydrogen-bond acceptors (Lipinski definition) is 3. The molecule has 3 nitrogen and oxygen atoms in total. The van der Waals surface area contributed by atoms with Crippen LogP contribution in [-0.4, -0.2) is 13.2 Å².